The van der Waals surface area contributed by atoms with Crippen LogP contribution in [0.2, 0.25) is 0 Å². The molecule has 4 rings (SSSR count). The normalized spacial score (nSPS) is 18.2. The molecule has 1 heterocycles. The number of benzene rings is 3. The van der Waals surface area contributed by atoms with Crippen molar-refractivity contribution in [3.8, 4) is 11.1 Å². The van der Waals surface area contributed by atoms with E-state index in [0.717, 1.165) is 18.7 Å². The summed E-state index contributed by atoms with van der Waals surface area (Å²) in [5.74, 6) is 0.104. The van der Waals surface area contributed by atoms with Crippen molar-refractivity contribution in [2.24, 2.45) is 0 Å². The summed E-state index contributed by atoms with van der Waals surface area (Å²) < 4.78 is 0. The van der Waals surface area contributed by atoms with E-state index in [0.29, 0.717) is 0 Å². The molecule has 3 aromatic rings. The van der Waals surface area contributed by atoms with Gasteiger partial charge in [-0.1, -0.05) is 54.6 Å². The van der Waals surface area contributed by atoms with Gasteiger partial charge in [-0.25, -0.2) is 0 Å². The van der Waals surface area contributed by atoms with Crippen molar-refractivity contribution < 1.29 is 4.79 Å². The Morgan fingerprint density at radius 3 is 2.24 bits per heavy atom. The molecule has 0 saturated heterocycles. The van der Waals surface area contributed by atoms with Crippen LogP contribution in [-0.2, 0) is 4.79 Å². The minimum absolute atomic E-state index is 0.104. The van der Waals surface area contributed by atoms with Crippen molar-refractivity contribution in [2.75, 3.05) is 16.3 Å². The van der Waals surface area contributed by atoms with Gasteiger partial charge in [-0.3, -0.25) is 4.79 Å². The predicted molar refractivity (Wildman–Crippen MR) is 121 cm³/mol. The third kappa shape index (κ3) is 3.65. The number of carbonyl (C=O) groups excluding carboxylic acids is 1. The molecule has 0 fully saturated rings. The van der Waals surface area contributed by atoms with E-state index in [1.165, 1.54) is 22.4 Å². The van der Waals surface area contributed by atoms with Gasteiger partial charge in [-0.15, -0.1) is 0 Å². The number of amides is 1. The number of hydrogen-bond donors (Lipinski definition) is 0. The molecule has 0 aliphatic carbocycles. The van der Waals surface area contributed by atoms with Crippen LogP contribution in [0.5, 0.6) is 0 Å². The maximum Gasteiger partial charge on any atom is 0.224 e. The Labute approximate surface area is 173 Å². The Morgan fingerprint density at radius 2 is 1.62 bits per heavy atom. The second-order valence-corrected chi connectivity index (χ2v) is 7.75. The number of fused-ring (bicyclic) bond motifs is 1. The lowest BCUT2D eigenvalue weighted by Gasteiger charge is -2.44. The van der Waals surface area contributed by atoms with Crippen LogP contribution < -0.4 is 9.80 Å². The zero-order valence-electron chi connectivity index (χ0n) is 17.4. The Bertz CT molecular complexity index is 984. The van der Waals surface area contributed by atoms with Gasteiger partial charge in [-0.05, 0) is 61.2 Å². The van der Waals surface area contributed by atoms with E-state index in [1.54, 1.807) is 6.92 Å². The first kappa shape index (κ1) is 19.3. The van der Waals surface area contributed by atoms with Gasteiger partial charge < -0.3 is 9.80 Å². The quantitative estimate of drug-likeness (QED) is 0.545. The third-order valence-electron chi connectivity index (χ3n) is 5.90. The molecule has 1 aliphatic rings. The molecule has 2 atom stereocenters. The van der Waals surface area contributed by atoms with Crippen molar-refractivity contribution in [1.29, 1.82) is 0 Å². The second kappa shape index (κ2) is 8.12. The van der Waals surface area contributed by atoms with Gasteiger partial charge in [0.25, 0.3) is 0 Å². The molecule has 3 aromatic carbocycles. The van der Waals surface area contributed by atoms with Crippen molar-refractivity contribution in [2.45, 2.75) is 39.3 Å². The summed E-state index contributed by atoms with van der Waals surface area (Å²) in [4.78, 5) is 16.9. The van der Waals surface area contributed by atoms with Gasteiger partial charge in [0.15, 0.2) is 0 Å². The Kier molecular flexibility index (Phi) is 5.39. The van der Waals surface area contributed by atoms with Crippen molar-refractivity contribution in [3.05, 3.63) is 84.4 Å². The molecule has 1 aliphatic heterocycles. The third-order valence-corrected chi connectivity index (χ3v) is 5.90. The van der Waals surface area contributed by atoms with E-state index < -0.39 is 0 Å². The van der Waals surface area contributed by atoms with Gasteiger partial charge in [0.2, 0.25) is 5.91 Å². The summed E-state index contributed by atoms with van der Waals surface area (Å²) >= 11 is 0. The maximum absolute atomic E-state index is 12.5. The molecule has 0 unspecified atom stereocenters. The minimum Gasteiger partial charge on any atom is -0.365 e. The number of nitrogens with zero attached hydrogens (tertiary/aromatic N) is 2. The summed E-state index contributed by atoms with van der Waals surface area (Å²) in [6, 6.07) is 28.0. The molecule has 0 aromatic heterocycles. The van der Waals surface area contributed by atoms with Crippen molar-refractivity contribution in [3.63, 3.8) is 0 Å². The molecular weight excluding hydrogens is 356 g/mol. The highest BCUT2D eigenvalue weighted by molar-refractivity contribution is 5.94. The average molecular weight is 385 g/mol. The number of para-hydroxylation sites is 1. The molecular formula is C26H28N2O. The number of anilines is 2. The molecule has 1 amide bonds. The molecule has 0 N–H and O–H groups in total. The first-order valence-electron chi connectivity index (χ1n) is 10.4. The molecule has 0 spiro atoms. The standard InChI is InChI=1S/C26H28N2O/c1-4-27(23-13-9-6-10-14-23)26-17-19(2)28(20(3)29)25-16-15-22(18-24(25)26)21-11-7-5-8-12-21/h5-16,18-19,26H,4,17H2,1-3H3/t19-,26+/m1/s1. The van der Waals surface area contributed by atoms with Crippen LogP contribution in [0.25, 0.3) is 11.1 Å². The largest absolute Gasteiger partial charge is 0.365 e. The SMILES string of the molecule is CCN(c1ccccc1)[C@H]1C[C@@H](C)N(C(C)=O)c2ccc(-c3ccccc3)cc21. The zero-order valence-corrected chi connectivity index (χ0v) is 17.4. The summed E-state index contributed by atoms with van der Waals surface area (Å²) in [6.45, 7) is 6.94. The lowest BCUT2D eigenvalue weighted by atomic mass is 9.87. The lowest BCUT2D eigenvalue weighted by Crippen LogP contribution is -2.45. The van der Waals surface area contributed by atoms with Crippen LogP contribution in [0, 0.1) is 0 Å². The predicted octanol–water partition coefficient (Wildman–Crippen LogP) is 6.07. The van der Waals surface area contributed by atoms with E-state index >= 15 is 0 Å². The number of hydrogen-bond acceptors (Lipinski definition) is 2. The van der Waals surface area contributed by atoms with Gasteiger partial charge in [0, 0.05) is 30.9 Å². The van der Waals surface area contributed by atoms with Crippen LogP contribution >= 0.6 is 0 Å². The van der Waals surface area contributed by atoms with Crippen LogP contribution in [0.4, 0.5) is 11.4 Å². The average Bonchev–Trinajstić information content (AvgIpc) is 2.75. The van der Waals surface area contributed by atoms with Crippen LogP contribution in [0.1, 0.15) is 38.8 Å². The van der Waals surface area contributed by atoms with Gasteiger partial charge in [-0.2, -0.15) is 0 Å². The second-order valence-electron chi connectivity index (χ2n) is 7.75. The fraction of sp³-hybridized carbons (Fsp3) is 0.269. The fourth-order valence-electron chi connectivity index (χ4n) is 4.62. The van der Waals surface area contributed by atoms with E-state index in [2.05, 4.69) is 91.5 Å². The monoisotopic (exact) mass is 384 g/mol. The molecule has 29 heavy (non-hydrogen) atoms. The van der Waals surface area contributed by atoms with E-state index in [4.69, 9.17) is 0 Å². The summed E-state index contributed by atoms with van der Waals surface area (Å²) in [5, 5.41) is 0. The smallest absolute Gasteiger partial charge is 0.224 e. The first-order valence-corrected chi connectivity index (χ1v) is 10.4. The van der Waals surface area contributed by atoms with E-state index in [1.807, 2.05) is 11.0 Å². The van der Waals surface area contributed by atoms with Crippen LogP contribution in [0.15, 0.2) is 78.9 Å². The highest BCUT2D eigenvalue weighted by Gasteiger charge is 2.35. The Balaban J connectivity index is 1.86. The van der Waals surface area contributed by atoms with Crippen molar-refractivity contribution in [1.82, 2.24) is 0 Å². The van der Waals surface area contributed by atoms with Gasteiger partial charge in [0.05, 0.1) is 6.04 Å². The Hall–Kier alpha value is -3.07. The highest BCUT2D eigenvalue weighted by atomic mass is 16.2. The molecule has 0 bridgehead atoms. The van der Waals surface area contributed by atoms with Gasteiger partial charge in [0.1, 0.15) is 0 Å². The molecule has 3 nitrogen and oxygen atoms in total. The summed E-state index contributed by atoms with van der Waals surface area (Å²) in [5.41, 5.74) is 5.88. The summed E-state index contributed by atoms with van der Waals surface area (Å²) in [7, 11) is 0. The highest BCUT2D eigenvalue weighted by Crippen LogP contribution is 2.43. The van der Waals surface area contributed by atoms with Crippen LogP contribution in [0.3, 0.4) is 0 Å². The van der Waals surface area contributed by atoms with Crippen molar-refractivity contribution >= 4 is 17.3 Å². The lowest BCUT2D eigenvalue weighted by molar-refractivity contribution is -0.117. The van der Waals surface area contributed by atoms with Gasteiger partial charge >= 0.3 is 0 Å². The first-order chi connectivity index (χ1) is 14.1. The molecule has 0 radical (unpaired) electrons. The van der Waals surface area contributed by atoms with E-state index in [9.17, 15) is 4.79 Å². The maximum atomic E-state index is 12.5. The topological polar surface area (TPSA) is 23.6 Å². The van der Waals surface area contributed by atoms with Crippen LogP contribution in [-0.4, -0.2) is 18.5 Å². The molecule has 3 heteroatoms. The van der Waals surface area contributed by atoms with E-state index in [-0.39, 0.29) is 18.0 Å². The minimum atomic E-state index is 0.104. The zero-order chi connectivity index (χ0) is 20.4. The molecule has 148 valence electrons. The molecule has 0 saturated carbocycles. The Morgan fingerprint density at radius 1 is 0.966 bits per heavy atom. The number of carbonyl (C=O) groups is 1. The number of rotatable bonds is 4. The fourth-order valence-corrected chi connectivity index (χ4v) is 4.62. The summed E-state index contributed by atoms with van der Waals surface area (Å²) in [6.07, 6.45) is 0.910.